The number of fused-ring (bicyclic) bond motifs is 1. The summed E-state index contributed by atoms with van der Waals surface area (Å²) in [5.74, 6) is -0.385. The molecule has 2 aromatic carbocycles. The second-order valence-electron chi connectivity index (χ2n) is 6.26. The standard InChI is InChI=1S/C19H16ClN3O2/c1-22-16-5-3-2-4-15(16)21-19(22)23-17(24)11-13(18(23)25)10-12-6-8-14(20)9-7-12/h2-9,13H,10-11H2,1H3. The predicted octanol–water partition coefficient (Wildman–Crippen LogP) is 3.35. The normalized spacial score (nSPS) is 17.7. The number of nitrogens with zero attached hydrogens (tertiary/aromatic N) is 3. The summed E-state index contributed by atoms with van der Waals surface area (Å²) < 4.78 is 1.79. The molecule has 1 atom stereocenters. The number of aryl methyl sites for hydroxylation is 1. The van der Waals surface area contributed by atoms with Gasteiger partial charge in [0.25, 0.3) is 0 Å². The van der Waals surface area contributed by atoms with E-state index in [4.69, 9.17) is 11.6 Å². The lowest BCUT2D eigenvalue weighted by Crippen LogP contribution is -2.33. The Kier molecular flexibility index (Phi) is 3.81. The van der Waals surface area contributed by atoms with Gasteiger partial charge in [-0.15, -0.1) is 0 Å². The summed E-state index contributed by atoms with van der Waals surface area (Å²) in [4.78, 5) is 31.0. The van der Waals surface area contributed by atoms with Crippen LogP contribution in [0.3, 0.4) is 0 Å². The number of halogens is 1. The van der Waals surface area contributed by atoms with Gasteiger partial charge in [0.2, 0.25) is 17.8 Å². The monoisotopic (exact) mass is 353 g/mol. The zero-order valence-corrected chi connectivity index (χ0v) is 14.4. The number of hydrogen-bond acceptors (Lipinski definition) is 3. The van der Waals surface area contributed by atoms with Crippen molar-refractivity contribution in [3.05, 3.63) is 59.1 Å². The molecule has 1 unspecified atom stereocenters. The molecule has 0 N–H and O–H groups in total. The first-order valence-corrected chi connectivity index (χ1v) is 8.45. The minimum Gasteiger partial charge on any atom is -0.312 e. The summed E-state index contributed by atoms with van der Waals surface area (Å²) in [6.45, 7) is 0. The fraction of sp³-hybridized carbons (Fsp3) is 0.211. The highest BCUT2D eigenvalue weighted by molar-refractivity contribution is 6.30. The molecule has 0 bridgehead atoms. The number of carbonyl (C=O) groups is 2. The molecule has 0 spiro atoms. The minimum atomic E-state index is -0.367. The van der Waals surface area contributed by atoms with Crippen LogP contribution in [-0.4, -0.2) is 21.4 Å². The number of imidazole rings is 1. The van der Waals surface area contributed by atoms with Gasteiger partial charge in [-0.1, -0.05) is 35.9 Å². The molecular weight excluding hydrogens is 338 g/mol. The molecule has 0 aliphatic carbocycles. The number of rotatable bonds is 3. The van der Waals surface area contributed by atoms with Crippen LogP contribution >= 0.6 is 11.6 Å². The number of carbonyl (C=O) groups excluding carboxylic acids is 2. The van der Waals surface area contributed by atoms with Gasteiger partial charge in [-0.05, 0) is 36.2 Å². The average Bonchev–Trinajstić information content (AvgIpc) is 3.07. The Balaban J connectivity index is 1.64. The molecule has 1 aromatic heterocycles. The first kappa shape index (κ1) is 15.8. The highest BCUT2D eigenvalue weighted by Crippen LogP contribution is 2.30. The summed E-state index contributed by atoms with van der Waals surface area (Å²) >= 11 is 5.90. The quantitative estimate of drug-likeness (QED) is 0.678. The average molecular weight is 354 g/mol. The van der Waals surface area contributed by atoms with Crippen LogP contribution < -0.4 is 4.90 Å². The molecule has 2 heterocycles. The number of amides is 2. The third kappa shape index (κ3) is 2.70. The van der Waals surface area contributed by atoms with Gasteiger partial charge in [0.05, 0.1) is 17.0 Å². The van der Waals surface area contributed by atoms with E-state index in [0.29, 0.717) is 17.4 Å². The van der Waals surface area contributed by atoms with Gasteiger partial charge < -0.3 is 4.57 Å². The van der Waals surface area contributed by atoms with Crippen molar-refractivity contribution in [2.24, 2.45) is 13.0 Å². The van der Waals surface area contributed by atoms with Gasteiger partial charge in [0.1, 0.15) is 0 Å². The molecule has 1 aliphatic rings. The van der Waals surface area contributed by atoms with Crippen LogP contribution in [0, 0.1) is 5.92 Å². The Bertz CT molecular complexity index is 978. The second kappa shape index (κ2) is 6.01. The topological polar surface area (TPSA) is 55.2 Å². The maximum Gasteiger partial charge on any atom is 0.240 e. The molecule has 126 valence electrons. The molecule has 0 radical (unpaired) electrons. The number of para-hydroxylation sites is 2. The van der Waals surface area contributed by atoms with Crippen LogP contribution in [0.15, 0.2) is 48.5 Å². The third-order valence-electron chi connectivity index (χ3n) is 4.60. The van der Waals surface area contributed by atoms with Gasteiger partial charge in [-0.3, -0.25) is 9.59 Å². The zero-order chi connectivity index (χ0) is 17.6. The highest BCUT2D eigenvalue weighted by Gasteiger charge is 2.41. The first-order chi connectivity index (χ1) is 12.0. The lowest BCUT2D eigenvalue weighted by Gasteiger charge is -2.14. The Hall–Kier alpha value is -2.66. The fourth-order valence-electron chi connectivity index (χ4n) is 3.30. The van der Waals surface area contributed by atoms with E-state index in [1.54, 1.807) is 16.7 Å². The largest absolute Gasteiger partial charge is 0.312 e. The molecule has 25 heavy (non-hydrogen) atoms. The molecule has 1 saturated heterocycles. The predicted molar refractivity (Wildman–Crippen MR) is 96.5 cm³/mol. The van der Waals surface area contributed by atoms with Crippen LogP contribution in [0.5, 0.6) is 0 Å². The molecule has 2 amide bonds. The van der Waals surface area contributed by atoms with Crippen molar-refractivity contribution in [2.75, 3.05) is 4.90 Å². The molecule has 0 saturated carbocycles. The van der Waals surface area contributed by atoms with Gasteiger partial charge in [-0.2, -0.15) is 0 Å². The van der Waals surface area contributed by atoms with E-state index in [9.17, 15) is 9.59 Å². The van der Waals surface area contributed by atoms with Crippen molar-refractivity contribution in [1.29, 1.82) is 0 Å². The Morgan fingerprint density at radius 3 is 2.56 bits per heavy atom. The Morgan fingerprint density at radius 1 is 1.12 bits per heavy atom. The first-order valence-electron chi connectivity index (χ1n) is 8.07. The van der Waals surface area contributed by atoms with Crippen LogP contribution in [0.2, 0.25) is 5.02 Å². The minimum absolute atomic E-state index is 0.196. The van der Waals surface area contributed by atoms with Gasteiger partial charge >= 0.3 is 0 Å². The van der Waals surface area contributed by atoms with E-state index in [1.165, 1.54) is 4.90 Å². The number of aromatic nitrogens is 2. The fourth-order valence-corrected chi connectivity index (χ4v) is 3.43. The molecule has 1 aliphatic heterocycles. The smallest absolute Gasteiger partial charge is 0.240 e. The van der Waals surface area contributed by atoms with E-state index in [1.807, 2.05) is 43.4 Å². The van der Waals surface area contributed by atoms with Crippen LogP contribution in [0.25, 0.3) is 11.0 Å². The van der Waals surface area contributed by atoms with Crippen molar-refractivity contribution in [1.82, 2.24) is 9.55 Å². The van der Waals surface area contributed by atoms with Crippen LogP contribution in [0.1, 0.15) is 12.0 Å². The SMILES string of the molecule is Cn1c(N2C(=O)CC(Cc3ccc(Cl)cc3)C2=O)nc2ccccc21. The maximum absolute atomic E-state index is 12.8. The number of anilines is 1. The molecule has 3 aromatic rings. The molecule has 4 rings (SSSR count). The number of benzene rings is 2. The van der Waals surface area contributed by atoms with E-state index >= 15 is 0 Å². The van der Waals surface area contributed by atoms with Crippen molar-refractivity contribution in [3.8, 4) is 0 Å². The Labute approximate surface area is 149 Å². The van der Waals surface area contributed by atoms with Crippen molar-refractivity contribution in [2.45, 2.75) is 12.8 Å². The lowest BCUT2D eigenvalue weighted by atomic mass is 9.98. The molecule has 6 heteroatoms. The van der Waals surface area contributed by atoms with Crippen molar-refractivity contribution >= 4 is 40.4 Å². The maximum atomic E-state index is 12.8. The van der Waals surface area contributed by atoms with E-state index in [2.05, 4.69) is 4.98 Å². The summed E-state index contributed by atoms with van der Waals surface area (Å²) in [7, 11) is 1.82. The highest BCUT2D eigenvalue weighted by atomic mass is 35.5. The third-order valence-corrected chi connectivity index (χ3v) is 4.85. The van der Waals surface area contributed by atoms with E-state index in [-0.39, 0.29) is 24.2 Å². The van der Waals surface area contributed by atoms with Crippen molar-refractivity contribution < 1.29 is 9.59 Å². The van der Waals surface area contributed by atoms with Crippen LogP contribution in [0.4, 0.5) is 5.95 Å². The summed E-state index contributed by atoms with van der Waals surface area (Å²) in [5.41, 5.74) is 2.64. The van der Waals surface area contributed by atoms with E-state index < -0.39 is 0 Å². The van der Waals surface area contributed by atoms with Gasteiger partial charge in [-0.25, -0.2) is 9.88 Å². The summed E-state index contributed by atoms with van der Waals surface area (Å²) in [6, 6.07) is 14.9. The number of hydrogen-bond donors (Lipinski definition) is 0. The van der Waals surface area contributed by atoms with Gasteiger partial charge in [0.15, 0.2) is 0 Å². The Morgan fingerprint density at radius 2 is 1.84 bits per heavy atom. The zero-order valence-electron chi connectivity index (χ0n) is 13.6. The lowest BCUT2D eigenvalue weighted by molar-refractivity contribution is -0.122. The van der Waals surface area contributed by atoms with Crippen molar-refractivity contribution in [3.63, 3.8) is 0 Å². The molecular formula is C19H16ClN3O2. The van der Waals surface area contributed by atoms with Crippen LogP contribution in [-0.2, 0) is 23.1 Å². The summed E-state index contributed by atoms with van der Waals surface area (Å²) in [5, 5.41) is 0.652. The molecule has 1 fully saturated rings. The number of imide groups is 1. The summed E-state index contributed by atoms with van der Waals surface area (Å²) in [6.07, 6.45) is 0.715. The second-order valence-corrected chi connectivity index (χ2v) is 6.69. The van der Waals surface area contributed by atoms with Gasteiger partial charge in [0, 0.05) is 18.5 Å². The van der Waals surface area contributed by atoms with E-state index in [0.717, 1.165) is 16.6 Å². The molecule has 5 nitrogen and oxygen atoms in total.